The smallest absolute Gasteiger partial charge is 0.253 e. The Balaban J connectivity index is 2.13. The fraction of sp³-hybridized carbons (Fsp3) is 0.188. The molecule has 0 saturated heterocycles. The summed E-state index contributed by atoms with van der Waals surface area (Å²) < 4.78 is 0. The van der Waals surface area contributed by atoms with Gasteiger partial charge in [-0.1, -0.05) is 42.0 Å². The highest BCUT2D eigenvalue weighted by Gasteiger charge is 2.13. The molecule has 0 heterocycles. The van der Waals surface area contributed by atoms with Gasteiger partial charge in [-0.2, -0.15) is 0 Å². The molecule has 3 nitrogen and oxygen atoms in total. The van der Waals surface area contributed by atoms with Gasteiger partial charge in [-0.25, -0.2) is 0 Å². The summed E-state index contributed by atoms with van der Waals surface area (Å²) in [5, 5.41) is 2.96. The van der Waals surface area contributed by atoms with Crippen LogP contribution >= 0.6 is 0 Å². The molecule has 0 fully saturated rings. The minimum atomic E-state index is -0.146. The Morgan fingerprint density at radius 2 is 1.89 bits per heavy atom. The Morgan fingerprint density at radius 3 is 2.58 bits per heavy atom. The molecule has 19 heavy (non-hydrogen) atoms. The SMILES string of the molecule is Cc1cccc([C@H](C)NC(=O)c2ccccc2N)c1. The third-order valence-corrected chi connectivity index (χ3v) is 3.10. The molecule has 0 radical (unpaired) electrons. The zero-order chi connectivity index (χ0) is 13.8. The Hall–Kier alpha value is -2.29. The first-order valence-electron chi connectivity index (χ1n) is 6.30. The van der Waals surface area contributed by atoms with Crippen LogP contribution in [0, 0.1) is 6.92 Å². The van der Waals surface area contributed by atoms with Gasteiger partial charge in [0.15, 0.2) is 0 Å². The van der Waals surface area contributed by atoms with Crippen molar-refractivity contribution in [1.82, 2.24) is 5.32 Å². The van der Waals surface area contributed by atoms with E-state index < -0.39 is 0 Å². The van der Waals surface area contributed by atoms with Crippen LogP contribution in [0.5, 0.6) is 0 Å². The van der Waals surface area contributed by atoms with Crippen molar-refractivity contribution in [2.75, 3.05) is 5.73 Å². The van der Waals surface area contributed by atoms with Crippen LogP contribution in [0.1, 0.15) is 34.5 Å². The minimum absolute atomic E-state index is 0.0491. The van der Waals surface area contributed by atoms with Crippen molar-refractivity contribution in [2.45, 2.75) is 19.9 Å². The maximum absolute atomic E-state index is 12.1. The third kappa shape index (κ3) is 3.13. The molecule has 0 saturated carbocycles. The first kappa shape index (κ1) is 13.1. The van der Waals surface area contributed by atoms with Gasteiger partial charge in [-0.3, -0.25) is 4.79 Å². The van der Waals surface area contributed by atoms with E-state index in [2.05, 4.69) is 11.4 Å². The fourth-order valence-electron chi connectivity index (χ4n) is 2.00. The Labute approximate surface area is 113 Å². The van der Waals surface area contributed by atoms with E-state index in [-0.39, 0.29) is 11.9 Å². The Morgan fingerprint density at radius 1 is 1.16 bits per heavy atom. The molecule has 1 atom stereocenters. The molecule has 3 heteroatoms. The molecular weight excluding hydrogens is 236 g/mol. The highest BCUT2D eigenvalue weighted by atomic mass is 16.1. The quantitative estimate of drug-likeness (QED) is 0.827. The average molecular weight is 254 g/mol. The van der Waals surface area contributed by atoms with Crippen LogP contribution in [-0.2, 0) is 0 Å². The second-order valence-corrected chi connectivity index (χ2v) is 4.70. The van der Waals surface area contributed by atoms with Gasteiger partial charge in [-0.15, -0.1) is 0 Å². The fourth-order valence-corrected chi connectivity index (χ4v) is 2.00. The van der Waals surface area contributed by atoms with Crippen molar-refractivity contribution in [3.05, 3.63) is 65.2 Å². The van der Waals surface area contributed by atoms with Crippen molar-refractivity contribution in [3.8, 4) is 0 Å². The van der Waals surface area contributed by atoms with Crippen LogP contribution in [-0.4, -0.2) is 5.91 Å². The van der Waals surface area contributed by atoms with Gasteiger partial charge in [0.25, 0.3) is 5.91 Å². The average Bonchev–Trinajstić information content (AvgIpc) is 2.39. The van der Waals surface area contributed by atoms with Crippen molar-refractivity contribution < 1.29 is 4.79 Å². The van der Waals surface area contributed by atoms with Gasteiger partial charge in [0.1, 0.15) is 0 Å². The number of benzene rings is 2. The molecule has 0 aromatic heterocycles. The van der Waals surface area contributed by atoms with E-state index in [1.807, 2.05) is 44.2 Å². The van der Waals surface area contributed by atoms with Crippen molar-refractivity contribution >= 4 is 11.6 Å². The maximum atomic E-state index is 12.1. The number of para-hydroxylation sites is 1. The van der Waals surface area contributed by atoms with Crippen LogP contribution in [0.3, 0.4) is 0 Å². The highest BCUT2D eigenvalue weighted by molar-refractivity contribution is 5.99. The van der Waals surface area contributed by atoms with Gasteiger partial charge in [0.2, 0.25) is 0 Å². The molecule has 3 N–H and O–H groups in total. The minimum Gasteiger partial charge on any atom is -0.398 e. The molecule has 98 valence electrons. The summed E-state index contributed by atoms with van der Waals surface area (Å²) in [5.74, 6) is -0.146. The van der Waals surface area contributed by atoms with Crippen LogP contribution in [0.2, 0.25) is 0 Å². The second kappa shape index (κ2) is 5.57. The normalized spacial score (nSPS) is 11.9. The number of aryl methyl sites for hydroxylation is 1. The number of carbonyl (C=O) groups excluding carboxylic acids is 1. The number of nitrogen functional groups attached to an aromatic ring is 1. The molecule has 0 aliphatic rings. The lowest BCUT2D eigenvalue weighted by Crippen LogP contribution is -2.27. The molecule has 2 aromatic rings. The number of hydrogen-bond donors (Lipinski definition) is 2. The van der Waals surface area contributed by atoms with Crippen molar-refractivity contribution in [2.24, 2.45) is 0 Å². The van der Waals surface area contributed by atoms with E-state index in [9.17, 15) is 4.79 Å². The predicted octanol–water partition coefficient (Wildman–Crippen LogP) is 3.07. The van der Waals surface area contributed by atoms with Crippen LogP contribution in [0.15, 0.2) is 48.5 Å². The summed E-state index contributed by atoms with van der Waals surface area (Å²) in [6.45, 7) is 4.00. The van der Waals surface area contributed by atoms with E-state index in [0.29, 0.717) is 11.3 Å². The van der Waals surface area contributed by atoms with Crippen LogP contribution in [0.25, 0.3) is 0 Å². The van der Waals surface area contributed by atoms with Gasteiger partial charge in [0.05, 0.1) is 11.6 Å². The molecule has 0 aliphatic carbocycles. The number of nitrogens with one attached hydrogen (secondary N) is 1. The molecule has 0 bridgehead atoms. The van der Waals surface area contributed by atoms with Gasteiger partial charge in [0, 0.05) is 5.69 Å². The maximum Gasteiger partial charge on any atom is 0.253 e. The summed E-state index contributed by atoms with van der Waals surface area (Å²) in [6, 6.07) is 15.1. The van der Waals surface area contributed by atoms with Gasteiger partial charge in [-0.05, 0) is 31.5 Å². The molecule has 0 aliphatic heterocycles. The highest BCUT2D eigenvalue weighted by Crippen LogP contribution is 2.16. The van der Waals surface area contributed by atoms with E-state index in [1.54, 1.807) is 12.1 Å². The lowest BCUT2D eigenvalue weighted by atomic mass is 10.1. The number of nitrogens with two attached hydrogens (primary N) is 1. The summed E-state index contributed by atoms with van der Waals surface area (Å²) in [5.41, 5.74) is 9.08. The first-order valence-corrected chi connectivity index (χ1v) is 6.30. The largest absolute Gasteiger partial charge is 0.398 e. The number of rotatable bonds is 3. The molecular formula is C16H18N2O. The van der Waals surface area contributed by atoms with E-state index in [1.165, 1.54) is 5.56 Å². The van der Waals surface area contributed by atoms with E-state index in [4.69, 9.17) is 5.73 Å². The lowest BCUT2D eigenvalue weighted by molar-refractivity contribution is 0.0941. The lowest BCUT2D eigenvalue weighted by Gasteiger charge is -2.15. The third-order valence-electron chi connectivity index (χ3n) is 3.10. The van der Waals surface area contributed by atoms with Crippen molar-refractivity contribution in [1.29, 1.82) is 0 Å². The number of carbonyl (C=O) groups is 1. The van der Waals surface area contributed by atoms with Crippen LogP contribution in [0.4, 0.5) is 5.69 Å². The Kier molecular flexibility index (Phi) is 3.85. The molecule has 0 unspecified atom stereocenters. The number of amides is 1. The predicted molar refractivity (Wildman–Crippen MR) is 77.9 cm³/mol. The first-order chi connectivity index (χ1) is 9.08. The number of hydrogen-bond acceptors (Lipinski definition) is 2. The van der Waals surface area contributed by atoms with E-state index in [0.717, 1.165) is 5.56 Å². The summed E-state index contributed by atoms with van der Waals surface area (Å²) in [4.78, 5) is 12.1. The number of anilines is 1. The van der Waals surface area contributed by atoms with Gasteiger partial charge >= 0.3 is 0 Å². The molecule has 2 aromatic carbocycles. The van der Waals surface area contributed by atoms with Gasteiger partial charge < -0.3 is 11.1 Å². The Bertz CT molecular complexity index is 593. The monoisotopic (exact) mass is 254 g/mol. The molecule has 0 spiro atoms. The topological polar surface area (TPSA) is 55.1 Å². The molecule has 2 rings (SSSR count). The second-order valence-electron chi connectivity index (χ2n) is 4.70. The van der Waals surface area contributed by atoms with Crippen LogP contribution < -0.4 is 11.1 Å². The summed E-state index contributed by atoms with van der Waals surface area (Å²) in [6.07, 6.45) is 0. The zero-order valence-corrected chi connectivity index (χ0v) is 11.2. The van der Waals surface area contributed by atoms with Crippen molar-refractivity contribution in [3.63, 3.8) is 0 Å². The summed E-state index contributed by atoms with van der Waals surface area (Å²) in [7, 11) is 0. The molecule has 1 amide bonds. The van der Waals surface area contributed by atoms with E-state index >= 15 is 0 Å². The zero-order valence-electron chi connectivity index (χ0n) is 11.2. The standard InChI is InChI=1S/C16H18N2O/c1-11-6-5-7-13(10-11)12(2)18-16(19)14-8-3-4-9-15(14)17/h3-10,12H,17H2,1-2H3,(H,18,19)/t12-/m0/s1. The summed E-state index contributed by atoms with van der Waals surface area (Å²) >= 11 is 0.